The number of hydrogen-bond donors (Lipinski definition) is 1. The van der Waals surface area contributed by atoms with Gasteiger partial charge in [0.15, 0.2) is 6.29 Å². The molecule has 0 amide bonds. The molecule has 2 heterocycles. The molecule has 13 heavy (non-hydrogen) atoms. The molecule has 0 saturated carbocycles. The highest BCUT2D eigenvalue weighted by Gasteiger charge is 2.50. The van der Waals surface area contributed by atoms with Gasteiger partial charge in [0.25, 0.3) is 0 Å². The van der Waals surface area contributed by atoms with Crippen molar-refractivity contribution in [2.24, 2.45) is 17.3 Å². The summed E-state index contributed by atoms with van der Waals surface area (Å²) in [6, 6.07) is 0. The van der Waals surface area contributed by atoms with E-state index >= 15 is 0 Å². The van der Waals surface area contributed by atoms with Crippen LogP contribution in [0.2, 0.25) is 0 Å². The van der Waals surface area contributed by atoms with Crippen LogP contribution < -0.4 is 0 Å². The Kier molecular flexibility index (Phi) is 1.44. The number of rotatable bonds is 0. The summed E-state index contributed by atoms with van der Waals surface area (Å²) in [5.74, 6) is -0.722. The lowest BCUT2D eigenvalue weighted by Gasteiger charge is -2.30. The third-order valence-corrected chi connectivity index (χ3v) is 2.87. The lowest BCUT2D eigenvalue weighted by atomic mass is 9.73. The maximum atomic E-state index is 10.0. The van der Waals surface area contributed by atoms with Crippen LogP contribution in [0.3, 0.4) is 0 Å². The van der Waals surface area contributed by atoms with Gasteiger partial charge in [-0.3, -0.25) is 0 Å². The average Bonchev–Trinajstić information content (AvgIpc) is 2.51. The zero-order valence-corrected chi connectivity index (χ0v) is 8.20. The van der Waals surface area contributed by atoms with Gasteiger partial charge < -0.3 is 14.6 Å². The maximum absolute atomic E-state index is 10.0. The van der Waals surface area contributed by atoms with Gasteiger partial charge >= 0.3 is 0 Å². The van der Waals surface area contributed by atoms with Gasteiger partial charge in [-0.05, 0) is 11.3 Å². The highest BCUT2D eigenvalue weighted by atomic mass is 16.7. The van der Waals surface area contributed by atoms with Crippen molar-refractivity contribution in [3.63, 3.8) is 0 Å². The molecule has 2 fully saturated rings. The Labute approximate surface area is 83.2 Å². The van der Waals surface area contributed by atoms with Gasteiger partial charge in [0, 0.05) is 5.92 Å². The summed E-state index contributed by atoms with van der Waals surface area (Å²) in [5.41, 5.74) is -0.155. The van der Waals surface area contributed by atoms with Crippen LogP contribution in [0.5, 0.6) is 0 Å². The predicted octanol–water partition coefficient (Wildman–Crippen LogP) is 1.01. The third-order valence-electron chi connectivity index (χ3n) is 2.87. The van der Waals surface area contributed by atoms with E-state index in [0.29, 0.717) is 6.61 Å². The first-order valence-corrected chi connectivity index (χ1v) is 4.59. The summed E-state index contributed by atoms with van der Waals surface area (Å²) in [6.07, 6.45) is -3.05. The van der Waals surface area contributed by atoms with Gasteiger partial charge in [-0.1, -0.05) is 20.8 Å². The van der Waals surface area contributed by atoms with Gasteiger partial charge in [0.1, 0.15) is 0 Å². The first kappa shape index (κ1) is 6.38. The summed E-state index contributed by atoms with van der Waals surface area (Å²) >= 11 is 0. The monoisotopic (exact) mass is 189 g/mol. The van der Waals surface area contributed by atoms with E-state index < -0.39 is 24.8 Å². The Bertz CT molecular complexity index is 298. The minimum atomic E-state index is -2.37. The fourth-order valence-electron chi connectivity index (χ4n) is 2.00. The molecule has 0 aliphatic carbocycles. The highest BCUT2D eigenvalue weighted by Crippen LogP contribution is 2.44. The summed E-state index contributed by atoms with van der Waals surface area (Å²) in [6.45, 7) is 4.01. The van der Waals surface area contributed by atoms with E-state index in [9.17, 15) is 5.11 Å². The van der Waals surface area contributed by atoms with Gasteiger partial charge in [-0.15, -0.1) is 0 Å². The summed E-state index contributed by atoms with van der Waals surface area (Å²) in [7, 11) is 0. The van der Waals surface area contributed by atoms with Crippen LogP contribution in [0.4, 0.5) is 0 Å². The second-order valence-corrected chi connectivity index (χ2v) is 4.81. The molecule has 0 aromatic heterocycles. The normalized spacial score (nSPS) is 58.2. The lowest BCUT2D eigenvalue weighted by Crippen LogP contribution is -2.34. The van der Waals surface area contributed by atoms with E-state index in [4.69, 9.17) is 13.6 Å². The number of ether oxygens (including phenoxy) is 2. The molecule has 4 atom stereocenters. The van der Waals surface area contributed by atoms with E-state index in [1.165, 1.54) is 0 Å². The van der Waals surface area contributed by atoms with E-state index in [0.717, 1.165) is 0 Å². The Morgan fingerprint density at radius 2 is 2.15 bits per heavy atom. The van der Waals surface area contributed by atoms with Crippen LogP contribution in [0.15, 0.2) is 0 Å². The van der Waals surface area contributed by atoms with E-state index in [-0.39, 0.29) is 11.3 Å². The van der Waals surface area contributed by atoms with Crippen molar-refractivity contribution >= 4 is 0 Å². The Morgan fingerprint density at radius 1 is 1.46 bits per heavy atom. The maximum Gasteiger partial charge on any atom is 0.163 e. The van der Waals surface area contributed by atoms with Crippen molar-refractivity contribution in [1.29, 1.82) is 0 Å². The van der Waals surface area contributed by atoms with E-state index in [1.807, 2.05) is 20.8 Å². The fraction of sp³-hybridized carbons (Fsp3) is 1.00. The summed E-state index contributed by atoms with van der Waals surface area (Å²) < 4.78 is 33.2. The van der Waals surface area contributed by atoms with Crippen molar-refractivity contribution in [2.75, 3.05) is 13.2 Å². The van der Waals surface area contributed by atoms with Crippen LogP contribution >= 0.6 is 0 Å². The van der Waals surface area contributed by atoms with Crippen LogP contribution in [0, 0.1) is 17.3 Å². The van der Waals surface area contributed by atoms with Gasteiger partial charge in [0.2, 0.25) is 0 Å². The van der Waals surface area contributed by atoms with Crippen molar-refractivity contribution in [2.45, 2.75) is 33.1 Å². The summed E-state index contributed by atoms with van der Waals surface area (Å²) in [4.78, 5) is 0. The van der Waals surface area contributed by atoms with Gasteiger partial charge in [-0.25, -0.2) is 0 Å². The molecule has 0 aromatic rings. The zero-order chi connectivity index (χ0) is 12.4. The van der Waals surface area contributed by atoms with Gasteiger partial charge in [-0.2, -0.15) is 0 Å². The first-order valence-electron chi connectivity index (χ1n) is 6.09. The van der Waals surface area contributed by atoms with Gasteiger partial charge in [0.05, 0.1) is 23.4 Å². The molecule has 0 bridgehead atoms. The molecule has 0 radical (unpaired) electrons. The topological polar surface area (TPSA) is 38.7 Å². The van der Waals surface area contributed by atoms with Crippen LogP contribution in [-0.2, 0) is 9.47 Å². The SMILES string of the molecule is [2H]C1([2H])OC2OCC(C(C)(C)C)C2C1([2H])O. The molecular formula is C10H18O3. The van der Waals surface area contributed by atoms with E-state index in [1.54, 1.807) is 0 Å². The minimum Gasteiger partial charge on any atom is -0.390 e. The lowest BCUT2D eigenvalue weighted by molar-refractivity contribution is -0.0910. The Balaban J connectivity index is 2.33. The predicted molar refractivity (Wildman–Crippen MR) is 48.1 cm³/mol. The molecule has 4 unspecified atom stereocenters. The standard InChI is InChI=1S/C10H18O3/c1-10(2,3)6-4-12-9-8(6)7(11)5-13-9/h6-9,11H,4-5H2,1-3H3/i5D2,7D. The van der Waals surface area contributed by atoms with Crippen LogP contribution in [-0.4, -0.2) is 30.6 Å². The molecule has 2 rings (SSSR count). The minimum absolute atomic E-state index is 0.0856. The molecule has 2 aliphatic rings. The molecule has 2 saturated heterocycles. The smallest absolute Gasteiger partial charge is 0.163 e. The fourth-order valence-corrected chi connectivity index (χ4v) is 2.00. The molecule has 3 nitrogen and oxygen atoms in total. The molecule has 0 spiro atoms. The Hall–Kier alpha value is -0.120. The quantitative estimate of drug-likeness (QED) is 0.618. The first-order chi connectivity index (χ1) is 7.07. The van der Waals surface area contributed by atoms with Crippen molar-refractivity contribution in [1.82, 2.24) is 0 Å². The van der Waals surface area contributed by atoms with Crippen LogP contribution in [0.1, 0.15) is 24.9 Å². The molecule has 0 aromatic carbocycles. The van der Waals surface area contributed by atoms with Crippen molar-refractivity contribution < 1.29 is 18.7 Å². The molecular weight excluding hydrogens is 168 g/mol. The summed E-state index contributed by atoms with van der Waals surface area (Å²) in [5, 5.41) is 10.0. The van der Waals surface area contributed by atoms with Crippen molar-refractivity contribution in [3.8, 4) is 0 Å². The third kappa shape index (κ3) is 1.49. The second-order valence-electron chi connectivity index (χ2n) is 4.81. The Morgan fingerprint density at radius 3 is 2.77 bits per heavy atom. The van der Waals surface area contributed by atoms with Crippen LogP contribution in [0.25, 0.3) is 0 Å². The number of aliphatic hydroxyl groups is 1. The zero-order valence-electron chi connectivity index (χ0n) is 11.2. The molecule has 3 heteroatoms. The highest BCUT2D eigenvalue weighted by molar-refractivity contribution is 4.93. The van der Waals surface area contributed by atoms with Crippen molar-refractivity contribution in [3.05, 3.63) is 0 Å². The van der Waals surface area contributed by atoms with E-state index in [2.05, 4.69) is 0 Å². The molecule has 76 valence electrons. The average molecular weight is 189 g/mol. The number of fused-ring (bicyclic) bond motifs is 1. The second kappa shape index (κ2) is 2.94. The largest absolute Gasteiger partial charge is 0.390 e. The number of hydrogen-bond acceptors (Lipinski definition) is 3. The molecule has 2 aliphatic heterocycles. The molecule has 1 N–H and O–H groups in total.